The van der Waals surface area contributed by atoms with E-state index in [1.54, 1.807) is 25.5 Å². The number of carbonyl (C=O) groups is 1. The number of oxime groups is 1. The van der Waals surface area contributed by atoms with Crippen molar-refractivity contribution in [1.29, 1.82) is 0 Å². The Morgan fingerprint density at radius 2 is 2.24 bits per heavy atom. The third-order valence-corrected chi connectivity index (χ3v) is 2.20. The van der Waals surface area contributed by atoms with Gasteiger partial charge in [0, 0.05) is 18.8 Å². The molecule has 0 bridgehead atoms. The Hall–Kier alpha value is -1.78. The highest BCUT2D eigenvalue weighted by atomic mass is 16.7. The number of nitrogens with zero attached hydrogens (tertiary/aromatic N) is 3. The molecule has 1 heterocycles. The summed E-state index contributed by atoms with van der Waals surface area (Å²) in [5.41, 5.74) is 1.15. The molecule has 92 valence electrons. The van der Waals surface area contributed by atoms with Crippen molar-refractivity contribution in [2.45, 2.75) is 39.5 Å². The molecule has 0 fully saturated rings. The van der Waals surface area contributed by atoms with Gasteiger partial charge in [-0.2, -0.15) is 0 Å². The maximum absolute atomic E-state index is 11.3. The highest BCUT2D eigenvalue weighted by Gasteiger charge is 2.04. The second kappa shape index (κ2) is 7.49. The molecule has 0 amide bonds. The first-order valence-electron chi connectivity index (χ1n) is 5.75. The van der Waals surface area contributed by atoms with Gasteiger partial charge < -0.3 is 4.84 Å². The fraction of sp³-hybridized carbons (Fsp3) is 0.500. The van der Waals surface area contributed by atoms with Crippen LogP contribution in [0, 0.1) is 0 Å². The van der Waals surface area contributed by atoms with E-state index in [4.69, 9.17) is 4.84 Å². The number of carbonyl (C=O) groups excluding carboxylic acids is 1. The smallest absolute Gasteiger partial charge is 0.318 e. The van der Waals surface area contributed by atoms with Gasteiger partial charge in [0.1, 0.15) is 11.4 Å². The molecule has 0 saturated carbocycles. The molecule has 0 unspecified atom stereocenters. The van der Waals surface area contributed by atoms with Crippen LogP contribution in [0.2, 0.25) is 0 Å². The first kappa shape index (κ1) is 13.3. The number of rotatable bonds is 6. The third kappa shape index (κ3) is 5.19. The summed E-state index contributed by atoms with van der Waals surface area (Å²) >= 11 is 0. The zero-order valence-electron chi connectivity index (χ0n) is 10.2. The van der Waals surface area contributed by atoms with Gasteiger partial charge >= 0.3 is 5.97 Å². The van der Waals surface area contributed by atoms with E-state index in [9.17, 15) is 4.79 Å². The van der Waals surface area contributed by atoms with Gasteiger partial charge in [-0.3, -0.25) is 9.97 Å². The van der Waals surface area contributed by atoms with E-state index in [1.165, 1.54) is 0 Å². The van der Waals surface area contributed by atoms with Crippen LogP contribution in [0.5, 0.6) is 0 Å². The van der Waals surface area contributed by atoms with E-state index in [1.807, 2.05) is 0 Å². The Bertz CT molecular complexity index is 377. The van der Waals surface area contributed by atoms with Crippen molar-refractivity contribution in [3.63, 3.8) is 0 Å². The van der Waals surface area contributed by atoms with Crippen LogP contribution in [0.3, 0.4) is 0 Å². The molecule has 0 aliphatic heterocycles. The molecule has 5 heteroatoms. The zero-order chi connectivity index (χ0) is 12.5. The van der Waals surface area contributed by atoms with Crippen LogP contribution in [-0.2, 0) is 9.63 Å². The van der Waals surface area contributed by atoms with E-state index in [-0.39, 0.29) is 5.97 Å². The molecule has 0 spiro atoms. The van der Waals surface area contributed by atoms with Crippen LogP contribution in [0.25, 0.3) is 0 Å². The molecule has 17 heavy (non-hydrogen) atoms. The highest BCUT2D eigenvalue weighted by molar-refractivity contribution is 5.96. The Balaban J connectivity index is 2.40. The van der Waals surface area contributed by atoms with Crippen molar-refractivity contribution >= 4 is 11.7 Å². The molecular weight excluding hydrogens is 218 g/mol. The largest absolute Gasteiger partial charge is 0.335 e. The van der Waals surface area contributed by atoms with Crippen molar-refractivity contribution in [3.05, 3.63) is 24.3 Å². The molecule has 0 aromatic carbocycles. The van der Waals surface area contributed by atoms with Crippen LogP contribution >= 0.6 is 0 Å². The van der Waals surface area contributed by atoms with E-state index < -0.39 is 0 Å². The molecule has 5 nitrogen and oxygen atoms in total. The average Bonchev–Trinajstić information content (AvgIpc) is 2.37. The Morgan fingerprint density at radius 1 is 1.41 bits per heavy atom. The number of hydrogen-bond donors (Lipinski definition) is 0. The van der Waals surface area contributed by atoms with Gasteiger partial charge in [-0.1, -0.05) is 24.9 Å². The first-order valence-corrected chi connectivity index (χ1v) is 5.75. The molecule has 0 aliphatic carbocycles. The van der Waals surface area contributed by atoms with Gasteiger partial charge in [-0.05, 0) is 13.3 Å². The molecule has 0 radical (unpaired) electrons. The lowest BCUT2D eigenvalue weighted by Crippen LogP contribution is -2.04. The zero-order valence-corrected chi connectivity index (χ0v) is 10.2. The lowest BCUT2D eigenvalue weighted by atomic mass is 10.2. The monoisotopic (exact) mass is 235 g/mol. The summed E-state index contributed by atoms with van der Waals surface area (Å²) in [5, 5.41) is 3.74. The van der Waals surface area contributed by atoms with Crippen molar-refractivity contribution in [2.24, 2.45) is 5.16 Å². The molecule has 0 atom stereocenters. The second-order valence-corrected chi connectivity index (χ2v) is 3.69. The van der Waals surface area contributed by atoms with Crippen LogP contribution in [-0.4, -0.2) is 21.6 Å². The second-order valence-electron chi connectivity index (χ2n) is 3.69. The maximum atomic E-state index is 11.3. The van der Waals surface area contributed by atoms with E-state index in [0.717, 1.165) is 19.3 Å². The summed E-state index contributed by atoms with van der Waals surface area (Å²) in [4.78, 5) is 24.0. The first-order chi connectivity index (χ1) is 8.24. The summed E-state index contributed by atoms with van der Waals surface area (Å²) in [6.45, 7) is 3.81. The standard InChI is InChI=1S/C12H17N3O2/c1-3-4-5-6-12(16)17-15-10(2)11-9-13-7-8-14-11/h7-9H,3-6H2,1-2H3. The van der Waals surface area contributed by atoms with E-state index in [2.05, 4.69) is 22.0 Å². The molecule has 0 aliphatic rings. The molecule has 1 rings (SSSR count). The minimum absolute atomic E-state index is 0.304. The van der Waals surface area contributed by atoms with Crippen LogP contribution < -0.4 is 0 Å². The van der Waals surface area contributed by atoms with Gasteiger partial charge in [-0.25, -0.2) is 4.79 Å². The average molecular weight is 235 g/mol. The minimum atomic E-state index is -0.304. The molecule has 1 aromatic rings. The maximum Gasteiger partial charge on any atom is 0.335 e. The number of aromatic nitrogens is 2. The van der Waals surface area contributed by atoms with Gasteiger partial charge in [0.05, 0.1) is 6.20 Å². The highest BCUT2D eigenvalue weighted by Crippen LogP contribution is 2.01. The fourth-order valence-corrected chi connectivity index (χ4v) is 1.22. The number of unbranched alkanes of at least 4 members (excludes halogenated alkanes) is 2. The van der Waals surface area contributed by atoms with Crippen molar-refractivity contribution in [1.82, 2.24) is 9.97 Å². The predicted octanol–water partition coefficient (Wildman–Crippen LogP) is 2.32. The van der Waals surface area contributed by atoms with Crippen molar-refractivity contribution in [2.75, 3.05) is 0 Å². The van der Waals surface area contributed by atoms with Gasteiger partial charge in [0.2, 0.25) is 0 Å². The van der Waals surface area contributed by atoms with Gasteiger partial charge in [0.25, 0.3) is 0 Å². The normalized spacial score (nSPS) is 11.3. The summed E-state index contributed by atoms with van der Waals surface area (Å²) < 4.78 is 0. The van der Waals surface area contributed by atoms with Gasteiger partial charge in [-0.15, -0.1) is 0 Å². The Labute approximate surface area is 101 Å². The van der Waals surface area contributed by atoms with Crippen LogP contribution in [0.15, 0.2) is 23.7 Å². The summed E-state index contributed by atoms with van der Waals surface area (Å²) in [6.07, 6.45) is 8.08. The molecule has 0 N–H and O–H groups in total. The Morgan fingerprint density at radius 3 is 2.88 bits per heavy atom. The third-order valence-electron chi connectivity index (χ3n) is 2.20. The summed E-state index contributed by atoms with van der Waals surface area (Å²) in [5.74, 6) is -0.304. The predicted molar refractivity (Wildman–Crippen MR) is 64.5 cm³/mol. The van der Waals surface area contributed by atoms with E-state index >= 15 is 0 Å². The molecular formula is C12H17N3O2. The lowest BCUT2D eigenvalue weighted by Gasteiger charge is -1.99. The van der Waals surface area contributed by atoms with Gasteiger partial charge in [0.15, 0.2) is 0 Å². The summed E-state index contributed by atoms with van der Waals surface area (Å²) in [6, 6.07) is 0. The van der Waals surface area contributed by atoms with Crippen LogP contribution in [0.1, 0.15) is 45.2 Å². The lowest BCUT2D eigenvalue weighted by molar-refractivity contribution is -0.143. The van der Waals surface area contributed by atoms with Crippen LogP contribution in [0.4, 0.5) is 0 Å². The molecule has 0 saturated heterocycles. The fourth-order valence-electron chi connectivity index (χ4n) is 1.22. The Kier molecular flexibility index (Phi) is 5.85. The van der Waals surface area contributed by atoms with Crippen molar-refractivity contribution in [3.8, 4) is 0 Å². The minimum Gasteiger partial charge on any atom is -0.318 e. The topological polar surface area (TPSA) is 64.4 Å². The molecule has 1 aromatic heterocycles. The van der Waals surface area contributed by atoms with Crippen molar-refractivity contribution < 1.29 is 9.63 Å². The quantitative estimate of drug-likeness (QED) is 0.328. The number of hydrogen-bond acceptors (Lipinski definition) is 5. The summed E-state index contributed by atoms with van der Waals surface area (Å²) in [7, 11) is 0. The SMILES string of the molecule is CCCCCC(=O)ON=C(C)c1cnccn1. The van der Waals surface area contributed by atoms with E-state index in [0.29, 0.717) is 17.8 Å².